The molecule has 0 bridgehead atoms. The maximum absolute atomic E-state index is 11.0. The summed E-state index contributed by atoms with van der Waals surface area (Å²) in [6.45, 7) is 1.74. The van der Waals surface area contributed by atoms with Crippen molar-refractivity contribution in [1.82, 2.24) is 14.8 Å². The van der Waals surface area contributed by atoms with Gasteiger partial charge in [0.05, 0.1) is 11.3 Å². The summed E-state index contributed by atoms with van der Waals surface area (Å²) in [6, 6.07) is 5.47. The fraction of sp³-hybridized carbons (Fsp3) is 0.100. The predicted molar refractivity (Wildman–Crippen MR) is 54.6 cm³/mol. The second kappa shape index (κ2) is 3.53. The van der Waals surface area contributed by atoms with Gasteiger partial charge in [0.2, 0.25) is 0 Å². The van der Waals surface area contributed by atoms with E-state index in [0.717, 1.165) is 0 Å². The van der Waals surface area contributed by atoms with Gasteiger partial charge in [-0.3, -0.25) is 4.79 Å². The van der Waals surface area contributed by atoms with Gasteiger partial charge in [-0.15, -0.1) is 0 Å². The predicted octanol–water partition coefficient (Wildman–Crippen LogP) is 0.675. The number of hydrogen-bond acceptors (Lipinski definition) is 3. The van der Waals surface area contributed by atoms with Crippen molar-refractivity contribution >= 4 is 5.91 Å². The average Bonchev–Trinajstić information content (AvgIpc) is 2.62. The molecule has 0 aliphatic carbocycles. The summed E-state index contributed by atoms with van der Waals surface area (Å²) in [5, 5.41) is 4.16. The molecule has 2 aromatic heterocycles. The summed E-state index contributed by atoms with van der Waals surface area (Å²) in [4.78, 5) is 15.1. The van der Waals surface area contributed by atoms with E-state index in [0.29, 0.717) is 17.1 Å². The summed E-state index contributed by atoms with van der Waals surface area (Å²) in [7, 11) is 0. The zero-order chi connectivity index (χ0) is 10.8. The highest BCUT2D eigenvalue weighted by atomic mass is 16.1. The number of amides is 1. The highest BCUT2D eigenvalue weighted by Gasteiger charge is 2.10. The van der Waals surface area contributed by atoms with Crippen molar-refractivity contribution in [3.63, 3.8) is 0 Å². The van der Waals surface area contributed by atoms with Gasteiger partial charge in [-0.1, -0.05) is 6.07 Å². The Morgan fingerprint density at radius 3 is 2.80 bits per heavy atom. The molecule has 0 aliphatic heterocycles. The standard InChI is InChI=1S/C10H10N4O/c1-7-8(10(11)15)6-14(13-7)9-4-2-3-5-12-9/h2-6H,1H3,(H2,11,15). The van der Waals surface area contributed by atoms with Crippen molar-refractivity contribution < 1.29 is 4.79 Å². The normalized spacial score (nSPS) is 10.2. The van der Waals surface area contributed by atoms with Gasteiger partial charge in [0.25, 0.3) is 5.91 Å². The van der Waals surface area contributed by atoms with Gasteiger partial charge < -0.3 is 5.73 Å². The zero-order valence-electron chi connectivity index (χ0n) is 8.21. The number of pyridine rings is 1. The summed E-state index contributed by atoms with van der Waals surface area (Å²) in [5.74, 6) is 0.183. The van der Waals surface area contributed by atoms with Crippen LogP contribution >= 0.6 is 0 Å². The number of nitrogens with two attached hydrogens (primary N) is 1. The number of hydrogen-bond donors (Lipinski definition) is 1. The molecule has 0 unspecified atom stereocenters. The molecule has 76 valence electrons. The van der Waals surface area contributed by atoms with Crippen LogP contribution in [0.25, 0.3) is 5.82 Å². The van der Waals surface area contributed by atoms with Crippen LogP contribution in [0.3, 0.4) is 0 Å². The molecule has 2 N–H and O–H groups in total. The number of primary amides is 1. The Hall–Kier alpha value is -2.17. The Labute approximate surface area is 86.5 Å². The van der Waals surface area contributed by atoms with E-state index in [1.54, 1.807) is 25.4 Å². The lowest BCUT2D eigenvalue weighted by Crippen LogP contribution is -2.11. The molecule has 0 aliphatic rings. The Morgan fingerprint density at radius 2 is 2.27 bits per heavy atom. The van der Waals surface area contributed by atoms with Crippen molar-refractivity contribution in [2.45, 2.75) is 6.92 Å². The third-order valence-electron chi connectivity index (χ3n) is 2.05. The minimum absolute atomic E-state index is 0.417. The van der Waals surface area contributed by atoms with Crippen LogP contribution in [-0.4, -0.2) is 20.7 Å². The molecule has 0 aromatic carbocycles. The summed E-state index contributed by atoms with van der Waals surface area (Å²) >= 11 is 0. The van der Waals surface area contributed by atoms with Crippen LogP contribution in [0.15, 0.2) is 30.6 Å². The highest BCUT2D eigenvalue weighted by molar-refractivity contribution is 5.93. The van der Waals surface area contributed by atoms with E-state index in [2.05, 4.69) is 10.1 Å². The lowest BCUT2D eigenvalue weighted by Gasteiger charge is -1.97. The Kier molecular flexibility index (Phi) is 2.21. The first kappa shape index (κ1) is 9.39. The molecule has 5 nitrogen and oxygen atoms in total. The van der Waals surface area contributed by atoms with Gasteiger partial charge in [-0.2, -0.15) is 5.10 Å². The second-order valence-electron chi connectivity index (χ2n) is 3.12. The molecule has 0 saturated carbocycles. The van der Waals surface area contributed by atoms with E-state index in [1.807, 2.05) is 12.1 Å². The number of aromatic nitrogens is 3. The van der Waals surface area contributed by atoms with E-state index in [4.69, 9.17) is 5.73 Å². The minimum atomic E-state index is -0.477. The molecule has 0 saturated heterocycles. The van der Waals surface area contributed by atoms with Crippen molar-refractivity contribution in [2.24, 2.45) is 5.73 Å². The van der Waals surface area contributed by atoms with Crippen molar-refractivity contribution in [2.75, 3.05) is 0 Å². The van der Waals surface area contributed by atoms with Gasteiger partial charge in [0, 0.05) is 12.4 Å². The van der Waals surface area contributed by atoms with Crippen LogP contribution in [0.2, 0.25) is 0 Å². The Bertz CT molecular complexity index is 489. The monoisotopic (exact) mass is 202 g/mol. The molecule has 0 atom stereocenters. The first-order chi connectivity index (χ1) is 7.18. The molecule has 2 heterocycles. The van der Waals surface area contributed by atoms with E-state index in [-0.39, 0.29) is 0 Å². The third-order valence-corrected chi connectivity index (χ3v) is 2.05. The van der Waals surface area contributed by atoms with E-state index < -0.39 is 5.91 Å². The number of carbonyl (C=O) groups excluding carboxylic acids is 1. The zero-order valence-corrected chi connectivity index (χ0v) is 8.21. The van der Waals surface area contributed by atoms with Crippen LogP contribution < -0.4 is 5.73 Å². The maximum Gasteiger partial charge on any atom is 0.252 e. The molecule has 1 amide bonds. The molecular weight excluding hydrogens is 192 g/mol. The van der Waals surface area contributed by atoms with Gasteiger partial charge in [0.15, 0.2) is 5.82 Å². The Balaban J connectivity index is 2.48. The van der Waals surface area contributed by atoms with E-state index >= 15 is 0 Å². The lowest BCUT2D eigenvalue weighted by atomic mass is 10.2. The topological polar surface area (TPSA) is 73.8 Å². The van der Waals surface area contributed by atoms with Crippen LogP contribution in [-0.2, 0) is 0 Å². The summed E-state index contributed by atoms with van der Waals surface area (Å²) in [5.41, 5.74) is 6.22. The minimum Gasteiger partial charge on any atom is -0.365 e. The van der Waals surface area contributed by atoms with Crippen LogP contribution in [0, 0.1) is 6.92 Å². The quantitative estimate of drug-likeness (QED) is 0.778. The SMILES string of the molecule is Cc1nn(-c2ccccn2)cc1C(N)=O. The van der Waals surface area contributed by atoms with E-state index in [1.165, 1.54) is 4.68 Å². The van der Waals surface area contributed by atoms with Crippen molar-refractivity contribution in [3.05, 3.63) is 41.9 Å². The second-order valence-corrected chi connectivity index (χ2v) is 3.12. The summed E-state index contributed by atoms with van der Waals surface area (Å²) in [6.07, 6.45) is 3.25. The van der Waals surface area contributed by atoms with Gasteiger partial charge in [-0.05, 0) is 19.1 Å². The highest BCUT2D eigenvalue weighted by Crippen LogP contribution is 2.08. The fourth-order valence-electron chi connectivity index (χ4n) is 1.31. The number of carbonyl (C=O) groups is 1. The molecule has 0 radical (unpaired) electrons. The van der Waals surface area contributed by atoms with Crippen LogP contribution in [0.4, 0.5) is 0 Å². The van der Waals surface area contributed by atoms with Gasteiger partial charge in [0.1, 0.15) is 0 Å². The Morgan fingerprint density at radius 1 is 1.47 bits per heavy atom. The largest absolute Gasteiger partial charge is 0.365 e. The molecule has 2 rings (SSSR count). The number of rotatable bonds is 2. The number of nitrogens with zero attached hydrogens (tertiary/aromatic N) is 3. The van der Waals surface area contributed by atoms with Crippen LogP contribution in [0.5, 0.6) is 0 Å². The average molecular weight is 202 g/mol. The number of aryl methyl sites for hydroxylation is 1. The van der Waals surface area contributed by atoms with Crippen molar-refractivity contribution in [1.29, 1.82) is 0 Å². The lowest BCUT2D eigenvalue weighted by molar-refractivity contribution is 0.0999. The molecule has 0 spiro atoms. The fourth-order valence-corrected chi connectivity index (χ4v) is 1.31. The van der Waals surface area contributed by atoms with Crippen LogP contribution in [0.1, 0.15) is 16.1 Å². The van der Waals surface area contributed by atoms with Gasteiger partial charge >= 0.3 is 0 Å². The molecule has 5 heteroatoms. The maximum atomic E-state index is 11.0. The van der Waals surface area contributed by atoms with Crippen molar-refractivity contribution in [3.8, 4) is 5.82 Å². The summed E-state index contributed by atoms with van der Waals surface area (Å²) < 4.78 is 1.54. The molecule has 0 fully saturated rings. The molecule has 2 aromatic rings. The molecular formula is C10H10N4O. The molecule has 15 heavy (non-hydrogen) atoms. The third kappa shape index (κ3) is 1.71. The van der Waals surface area contributed by atoms with E-state index in [9.17, 15) is 4.79 Å². The van der Waals surface area contributed by atoms with Gasteiger partial charge in [-0.25, -0.2) is 9.67 Å². The first-order valence-electron chi connectivity index (χ1n) is 4.46. The first-order valence-corrected chi connectivity index (χ1v) is 4.46. The smallest absolute Gasteiger partial charge is 0.252 e.